The van der Waals surface area contributed by atoms with Crippen molar-refractivity contribution in [3.8, 4) is 0 Å². The van der Waals surface area contributed by atoms with E-state index in [1.807, 2.05) is 0 Å². The summed E-state index contributed by atoms with van der Waals surface area (Å²) in [4.78, 5) is 0. The Morgan fingerprint density at radius 3 is 1.56 bits per heavy atom. The SMILES string of the molecule is CC(C)C(C)(C)CCCC(C)(C)[C@]1(C)C(I)C1(C)C(C)(C)C(C)(C)C(C)C. The molecule has 1 saturated carbocycles. The molecule has 0 nitrogen and oxygen atoms in total. The Hall–Kier alpha value is 0.730. The molecule has 1 aliphatic rings. The molecule has 1 heteroatoms. The van der Waals surface area contributed by atoms with Crippen LogP contribution in [0.4, 0.5) is 0 Å². The quantitative estimate of drug-likeness (QED) is 0.223. The van der Waals surface area contributed by atoms with Crippen LogP contribution in [-0.2, 0) is 0 Å². The van der Waals surface area contributed by atoms with Crippen molar-refractivity contribution in [1.29, 1.82) is 0 Å². The molecule has 0 heterocycles. The summed E-state index contributed by atoms with van der Waals surface area (Å²) in [5.41, 5.74) is 2.18. The second-order valence-corrected chi connectivity index (χ2v) is 14.4. The summed E-state index contributed by atoms with van der Waals surface area (Å²) < 4.78 is 0.740. The molecule has 0 saturated heterocycles. The highest BCUT2D eigenvalue weighted by Gasteiger charge is 2.80. The van der Waals surface area contributed by atoms with Gasteiger partial charge in [-0.05, 0) is 57.2 Å². The van der Waals surface area contributed by atoms with Gasteiger partial charge in [-0.15, -0.1) is 0 Å². The molecule has 0 aromatic rings. The second-order valence-electron chi connectivity index (χ2n) is 13.1. The summed E-state index contributed by atoms with van der Waals surface area (Å²) in [6.07, 6.45) is 4.03. The molecule has 0 bridgehead atoms. The second kappa shape index (κ2) is 7.45. The van der Waals surface area contributed by atoms with E-state index in [-0.39, 0.29) is 0 Å². The number of hydrogen-bond donors (Lipinski definition) is 0. The lowest BCUT2D eigenvalue weighted by molar-refractivity contribution is -0.0444. The van der Waals surface area contributed by atoms with Crippen LogP contribution in [-0.4, -0.2) is 3.92 Å². The van der Waals surface area contributed by atoms with Gasteiger partial charge in [-0.3, -0.25) is 0 Å². The van der Waals surface area contributed by atoms with E-state index in [0.29, 0.717) is 38.4 Å². The van der Waals surface area contributed by atoms with Gasteiger partial charge in [0.2, 0.25) is 0 Å². The Labute approximate surface area is 186 Å². The first-order valence-corrected chi connectivity index (χ1v) is 12.6. The third kappa shape index (κ3) is 3.67. The summed E-state index contributed by atoms with van der Waals surface area (Å²) in [7, 11) is 0. The van der Waals surface area contributed by atoms with Gasteiger partial charge in [0.05, 0.1) is 0 Å². The zero-order chi connectivity index (χ0) is 21.9. The molecule has 0 aliphatic heterocycles. The van der Waals surface area contributed by atoms with Gasteiger partial charge in [-0.2, -0.15) is 0 Å². The van der Waals surface area contributed by atoms with Gasteiger partial charge >= 0.3 is 0 Å². The van der Waals surface area contributed by atoms with Crippen molar-refractivity contribution < 1.29 is 0 Å². The van der Waals surface area contributed by atoms with E-state index in [2.05, 4.69) is 120 Å². The van der Waals surface area contributed by atoms with Gasteiger partial charge in [-0.25, -0.2) is 0 Å². The van der Waals surface area contributed by atoms with Gasteiger partial charge in [0, 0.05) is 3.92 Å². The van der Waals surface area contributed by atoms with Crippen LogP contribution in [0.2, 0.25) is 0 Å². The highest BCUT2D eigenvalue weighted by atomic mass is 127. The largest absolute Gasteiger partial charge is 0.0813 e. The highest BCUT2D eigenvalue weighted by molar-refractivity contribution is 14.1. The van der Waals surface area contributed by atoms with Gasteiger partial charge in [0.25, 0.3) is 0 Å². The molecular formula is C26H51I. The van der Waals surface area contributed by atoms with Crippen molar-refractivity contribution in [3.63, 3.8) is 0 Å². The van der Waals surface area contributed by atoms with E-state index in [0.717, 1.165) is 9.84 Å². The zero-order valence-electron chi connectivity index (χ0n) is 21.2. The first-order chi connectivity index (χ1) is 11.7. The first kappa shape index (κ1) is 25.8. The topological polar surface area (TPSA) is 0 Å². The Morgan fingerprint density at radius 2 is 1.19 bits per heavy atom. The number of rotatable bonds is 9. The lowest BCUT2D eigenvalue weighted by atomic mass is 9.52. The van der Waals surface area contributed by atoms with Crippen LogP contribution in [0.25, 0.3) is 0 Å². The van der Waals surface area contributed by atoms with Gasteiger partial charge < -0.3 is 0 Å². The minimum atomic E-state index is 0.295. The predicted molar refractivity (Wildman–Crippen MR) is 133 cm³/mol. The average molecular weight is 491 g/mol. The van der Waals surface area contributed by atoms with Crippen molar-refractivity contribution in [3.05, 3.63) is 0 Å². The van der Waals surface area contributed by atoms with Crippen LogP contribution in [0.1, 0.15) is 116 Å². The molecule has 0 amide bonds. The van der Waals surface area contributed by atoms with Crippen LogP contribution < -0.4 is 0 Å². The number of hydrogen-bond acceptors (Lipinski definition) is 0. The molecule has 1 fully saturated rings. The molecule has 27 heavy (non-hydrogen) atoms. The van der Waals surface area contributed by atoms with E-state index in [4.69, 9.17) is 0 Å². The molecule has 1 rings (SSSR count). The smallest absolute Gasteiger partial charge is 0.0239 e. The lowest BCUT2D eigenvalue weighted by Crippen LogP contribution is -2.46. The van der Waals surface area contributed by atoms with E-state index in [1.54, 1.807) is 0 Å². The van der Waals surface area contributed by atoms with Crippen LogP contribution >= 0.6 is 22.6 Å². The lowest BCUT2D eigenvalue weighted by Gasteiger charge is -2.53. The summed E-state index contributed by atoms with van der Waals surface area (Å²) in [5, 5.41) is 0. The third-order valence-corrected chi connectivity index (χ3v) is 13.4. The first-order valence-electron chi connectivity index (χ1n) is 11.4. The van der Waals surface area contributed by atoms with Crippen LogP contribution in [0.3, 0.4) is 0 Å². The van der Waals surface area contributed by atoms with Crippen molar-refractivity contribution >= 4 is 22.6 Å². The summed E-state index contributed by atoms with van der Waals surface area (Å²) in [5.74, 6) is 1.44. The highest BCUT2D eigenvalue weighted by Crippen LogP contribution is 2.83. The number of halogens is 1. The minimum Gasteiger partial charge on any atom is -0.0813 e. The molecular weight excluding hydrogens is 439 g/mol. The summed E-state index contributed by atoms with van der Waals surface area (Å²) >= 11 is 2.80. The molecule has 0 N–H and O–H groups in total. The standard InChI is InChI=1S/C26H51I/c1-18(2)21(5,6)16-15-17-22(7,8)25(13)20(27)26(25,14)24(11,12)23(9,10)19(3)4/h18-20H,15-17H2,1-14H3/t20?,25-,26?/m0/s1. The normalized spacial score (nSPS) is 30.3. The summed E-state index contributed by atoms with van der Waals surface area (Å²) in [6, 6.07) is 0. The van der Waals surface area contributed by atoms with Crippen molar-refractivity contribution in [2.24, 2.45) is 44.3 Å². The van der Waals surface area contributed by atoms with E-state index >= 15 is 0 Å². The van der Waals surface area contributed by atoms with Crippen molar-refractivity contribution in [1.82, 2.24) is 0 Å². The fraction of sp³-hybridized carbons (Fsp3) is 1.00. The molecule has 3 atom stereocenters. The van der Waals surface area contributed by atoms with Gasteiger partial charge in [-0.1, -0.05) is 126 Å². The maximum atomic E-state index is 2.80. The molecule has 0 aromatic heterocycles. The Bertz CT molecular complexity index is 522. The molecule has 2 unspecified atom stereocenters. The van der Waals surface area contributed by atoms with Crippen molar-refractivity contribution in [2.45, 2.75) is 120 Å². The Morgan fingerprint density at radius 1 is 0.741 bits per heavy atom. The maximum absolute atomic E-state index is 2.80. The monoisotopic (exact) mass is 490 g/mol. The molecule has 0 spiro atoms. The van der Waals surface area contributed by atoms with Crippen LogP contribution in [0.5, 0.6) is 0 Å². The Kier molecular flexibility index (Phi) is 7.11. The molecule has 162 valence electrons. The van der Waals surface area contributed by atoms with Crippen LogP contribution in [0.15, 0.2) is 0 Å². The Balaban J connectivity index is 3.08. The maximum Gasteiger partial charge on any atom is 0.0239 e. The number of alkyl halides is 1. The van der Waals surface area contributed by atoms with Gasteiger partial charge in [0.1, 0.15) is 0 Å². The van der Waals surface area contributed by atoms with Crippen LogP contribution in [0, 0.1) is 44.3 Å². The average Bonchev–Trinajstić information content (AvgIpc) is 2.96. The van der Waals surface area contributed by atoms with Gasteiger partial charge in [0.15, 0.2) is 0 Å². The predicted octanol–water partition coefficient (Wildman–Crippen LogP) is 9.40. The van der Waals surface area contributed by atoms with E-state index in [9.17, 15) is 0 Å². The van der Waals surface area contributed by atoms with Crippen molar-refractivity contribution in [2.75, 3.05) is 0 Å². The fourth-order valence-electron chi connectivity index (χ4n) is 5.67. The van der Waals surface area contributed by atoms with E-state index in [1.165, 1.54) is 19.3 Å². The molecule has 0 radical (unpaired) electrons. The minimum absolute atomic E-state index is 0.295. The summed E-state index contributed by atoms with van der Waals surface area (Å²) in [6.45, 7) is 34.9. The molecule has 1 aliphatic carbocycles. The molecule has 0 aromatic carbocycles. The fourth-order valence-corrected chi connectivity index (χ4v) is 8.41. The zero-order valence-corrected chi connectivity index (χ0v) is 23.4. The van der Waals surface area contributed by atoms with E-state index < -0.39 is 0 Å². The third-order valence-electron chi connectivity index (χ3n) is 11.0.